The van der Waals surface area contributed by atoms with Crippen LogP contribution in [0.5, 0.6) is 5.75 Å². The van der Waals surface area contributed by atoms with Gasteiger partial charge in [0.05, 0.1) is 5.56 Å². The molecule has 0 unspecified atom stereocenters. The van der Waals surface area contributed by atoms with E-state index in [1.54, 1.807) is 12.1 Å². The molecule has 0 saturated heterocycles. The molecular formula is C20H22BNO4. The molecule has 1 aliphatic rings. The second kappa shape index (κ2) is 7.85. The van der Waals surface area contributed by atoms with E-state index in [2.05, 4.69) is 0 Å². The summed E-state index contributed by atoms with van der Waals surface area (Å²) in [7, 11) is -1.09. The predicted molar refractivity (Wildman–Crippen MR) is 100 cm³/mol. The smallest absolute Gasteiger partial charge is 0.526 e. The number of benzene rings is 2. The van der Waals surface area contributed by atoms with Crippen LogP contribution in [0.4, 0.5) is 0 Å². The molecule has 3 rings (SSSR count). The van der Waals surface area contributed by atoms with Crippen LogP contribution in [0.3, 0.4) is 0 Å². The van der Waals surface area contributed by atoms with Gasteiger partial charge >= 0.3 is 7.12 Å². The lowest BCUT2D eigenvalue weighted by atomic mass is 9.64. The molecule has 0 aromatic heterocycles. The minimum absolute atomic E-state index is 0.0457. The van der Waals surface area contributed by atoms with E-state index in [-0.39, 0.29) is 23.8 Å². The van der Waals surface area contributed by atoms with E-state index in [1.165, 1.54) is 6.92 Å². The topological polar surface area (TPSA) is 89.6 Å². The fourth-order valence-electron chi connectivity index (χ4n) is 3.32. The Labute approximate surface area is 153 Å². The van der Waals surface area contributed by atoms with Gasteiger partial charge in [-0.05, 0) is 36.1 Å². The summed E-state index contributed by atoms with van der Waals surface area (Å²) in [5.74, 6) is 0.0583. The third-order valence-corrected chi connectivity index (χ3v) is 4.75. The van der Waals surface area contributed by atoms with Gasteiger partial charge < -0.3 is 15.4 Å². The lowest BCUT2D eigenvalue weighted by molar-refractivity contribution is -0.118. The van der Waals surface area contributed by atoms with Gasteiger partial charge in [0.1, 0.15) is 11.5 Å². The van der Waals surface area contributed by atoms with Crippen molar-refractivity contribution in [1.29, 1.82) is 0 Å². The summed E-state index contributed by atoms with van der Waals surface area (Å²) in [6.45, 7) is 1.94. The summed E-state index contributed by atoms with van der Waals surface area (Å²) in [4.78, 5) is 24.1. The number of fused-ring (bicyclic) bond motifs is 1. The standard InChI is InChI=1S/C20H22BNO4/c1-13(23)19-4-2-3-16-10-17(21(25)26-20(16)19)11-18(24)9-14-5-7-15(12-22)8-6-14/h2-8,17,25H,9-12,22H2,1H3/t17-/m1/s1. The summed E-state index contributed by atoms with van der Waals surface area (Å²) in [6.07, 6.45) is 1.05. The summed E-state index contributed by atoms with van der Waals surface area (Å²) in [5, 5.41) is 10.3. The molecule has 1 atom stereocenters. The highest BCUT2D eigenvalue weighted by molar-refractivity contribution is 6.47. The monoisotopic (exact) mass is 351 g/mol. The maximum atomic E-state index is 12.4. The van der Waals surface area contributed by atoms with Crippen LogP contribution in [-0.4, -0.2) is 23.7 Å². The van der Waals surface area contributed by atoms with Crippen molar-refractivity contribution in [3.8, 4) is 5.75 Å². The van der Waals surface area contributed by atoms with Gasteiger partial charge in [0.25, 0.3) is 0 Å². The minimum atomic E-state index is -1.09. The van der Waals surface area contributed by atoms with Crippen LogP contribution in [0, 0.1) is 0 Å². The van der Waals surface area contributed by atoms with Gasteiger partial charge in [0.2, 0.25) is 0 Å². The van der Waals surface area contributed by atoms with E-state index in [4.69, 9.17) is 10.4 Å². The van der Waals surface area contributed by atoms with E-state index in [9.17, 15) is 14.6 Å². The van der Waals surface area contributed by atoms with E-state index in [0.717, 1.165) is 16.7 Å². The number of ketones is 2. The lowest BCUT2D eigenvalue weighted by Crippen LogP contribution is -2.36. The zero-order valence-electron chi connectivity index (χ0n) is 14.8. The van der Waals surface area contributed by atoms with Gasteiger partial charge in [0.15, 0.2) is 5.78 Å². The van der Waals surface area contributed by atoms with Crippen LogP contribution in [0.1, 0.15) is 40.4 Å². The van der Waals surface area contributed by atoms with Crippen molar-refractivity contribution in [2.24, 2.45) is 5.73 Å². The molecule has 0 saturated carbocycles. The van der Waals surface area contributed by atoms with Crippen molar-refractivity contribution < 1.29 is 19.3 Å². The third-order valence-electron chi connectivity index (χ3n) is 4.75. The first-order chi connectivity index (χ1) is 12.5. The van der Waals surface area contributed by atoms with Crippen molar-refractivity contribution in [2.45, 2.75) is 38.5 Å². The Morgan fingerprint density at radius 3 is 2.54 bits per heavy atom. The predicted octanol–water partition coefficient (Wildman–Crippen LogP) is 2.34. The number of hydrogen-bond donors (Lipinski definition) is 2. The summed E-state index contributed by atoms with van der Waals surface area (Å²) in [5.41, 5.74) is 8.85. The van der Waals surface area contributed by atoms with Gasteiger partial charge in [-0.1, -0.05) is 36.4 Å². The highest BCUT2D eigenvalue weighted by atomic mass is 16.5. The molecule has 1 aliphatic heterocycles. The maximum Gasteiger partial charge on any atom is 0.526 e. The highest BCUT2D eigenvalue weighted by Crippen LogP contribution is 2.36. The van der Waals surface area contributed by atoms with Crippen molar-refractivity contribution in [1.82, 2.24) is 0 Å². The van der Waals surface area contributed by atoms with E-state index in [1.807, 2.05) is 30.3 Å². The average Bonchev–Trinajstić information content (AvgIpc) is 2.62. The van der Waals surface area contributed by atoms with Crippen LogP contribution in [0.15, 0.2) is 42.5 Å². The average molecular weight is 351 g/mol. The minimum Gasteiger partial charge on any atom is -0.535 e. The molecule has 134 valence electrons. The molecule has 1 heterocycles. The molecule has 2 aromatic carbocycles. The van der Waals surface area contributed by atoms with Crippen molar-refractivity contribution in [3.63, 3.8) is 0 Å². The van der Waals surface area contributed by atoms with Crippen molar-refractivity contribution in [3.05, 3.63) is 64.7 Å². The molecule has 0 fully saturated rings. The van der Waals surface area contributed by atoms with Gasteiger partial charge in [-0.2, -0.15) is 0 Å². The van der Waals surface area contributed by atoms with E-state index < -0.39 is 7.12 Å². The first-order valence-electron chi connectivity index (χ1n) is 8.75. The zero-order valence-corrected chi connectivity index (χ0v) is 14.8. The Kier molecular flexibility index (Phi) is 5.54. The zero-order chi connectivity index (χ0) is 18.7. The lowest BCUT2D eigenvalue weighted by Gasteiger charge is -2.28. The highest BCUT2D eigenvalue weighted by Gasteiger charge is 2.37. The largest absolute Gasteiger partial charge is 0.535 e. The maximum absolute atomic E-state index is 12.4. The second-order valence-corrected chi connectivity index (χ2v) is 6.76. The molecule has 3 N–H and O–H groups in total. The molecule has 0 radical (unpaired) electrons. The number of carbonyl (C=O) groups excluding carboxylic acids is 2. The molecule has 26 heavy (non-hydrogen) atoms. The quantitative estimate of drug-likeness (QED) is 0.616. The Morgan fingerprint density at radius 2 is 1.88 bits per heavy atom. The van der Waals surface area contributed by atoms with Gasteiger partial charge in [0, 0.05) is 25.2 Å². The first kappa shape index (κ1) is 18.4. The Morgan fingerprint density at radius 1 is 1.19 bits per heavy atom. The summed E-state index contributed by atoms with van der Waals surface area (Å²) < 4.78 is 5.59. The SMILES string of the molecule is CC(=O)c1cccc2c1OB(O)[C@@H](CC(=O)Cc1ccc(CN)cc1)C2. The molecule has 2 aromatic rings. The Balaban J connectivity index is 1.67. The van der Waals surface area contributed by atoms with Crippen molar-refractivity contribution >= 4 is 18.7 Å². The number of para-hydroxylation sites is 1. The molecule has 0 bridgehead atoms. The summed E-state index contributed by atoms with van der Waals surface area (Å²) in [6, 6.07) is 13.0. The Bertz CT molecular complexity index is 819. The third kappa shape index (κ3) is 4.03. The molecular weight excluding hydrogens is 329 g/mol. The van der Waals surface area contributed by atoms with Crippen LogP contribution in [-0.2, 0) is 24.2 Å². The van der Waals surface area contributed by atoms with Crippen LogP contribution in [0.2, 0.25) is 5.82 Å². The van der Waals surface area contributed by atoms with Gasteiger partial charge in [-0.15, -0.1) is 0 Å². The number of carbonyl (C=O) groups is 2. The molecule has 0 aliphatic carbocycles. The van der Waals surface area contributed by atoms with Crippen molar-refractivity contribution in [2.75, 3.05) is 0 Å². The molecule has 0 spiro atoms. The molecule has 6 heteroatoms. The molecule has 5 nitrogen and oxygen atoms in total. The van der Waals surface area contributed by atoms with E-state index in [0.29, 0.717) is 30.7 Å². The van der Waals surface area contributed by atoms with Gasteiger partial charge in [-0.3, -0.25) is 9.59 Å². The number of rotatable bonds is 6. The summed E-state index contributed by atoms with van der Waals surface area (Å²) >= 11 is 0. The van der Waals surface area contributed by atoms with Crippen LogP contribution in [0.25, 0.3) is 0 Å². The van der Waals surface area contributed by atoms with E-state index >= 15 is 0 Å². The number of hydrogen-bond acceptors (Lipinski definition) is 5. The van der Waals surface area contributed by atoms with Crippen LogP contribution < -0.4 is 10.4 Å². The van der Waals surface area contributed by atoms with Gasteiger partial charge in [-0.25, -0.2) is 0 Å². The Hall–Kier alpha value is -2.44. The first-order valence-corrected chi connectivity index (χ1v) is 8.75. The second-order valence-electron chi connectivity index (χ2n) is 6.76. The number of Topliss-reactive ketones (excluding diaryl/α,β-unsaturated/α-hetero) is 2. The fraction of sp³-hybridized carbons (Fsp3) is 0.300. The number of nitrogens with two attached hydrogens (primary N) is 1. The molecule has 0 amide bonds. The normalized spacial score (nSPS) is 16.0. The van der Waals surface area contributed by atoms with Crippen LogP contribution >= 0.6 is 0 Å². The fourth-order valence-corrected chi connectivity index (χ4v) is 3.32.